The van der Waals surface area contributed by atoms with Crippen molar-refractivity contribution in [2.75, 3.05) is 18.6 Å². The minimum Gasteiger partial charge on any atom is -0.469 e. The van der Waals surface area contributed by atoms with E-state index in [1.165, 1.54) is 7.11 Å². The van der Waals surface area contributed by atoms with Gasteiger partial charge in [-0.3, -0.25) is 4.79 Å². The third-order valence-corrected chi connectivity index (χ3v) is 5.53. The van der Waals surface area contributed by atoms with Gasteiger partial charge in [0.25, 0.3) is 0 Å². The number of rotatable bonds is 3. The highest BCUT2D eigenvalue weighted by molar-refractivity contribution is 7.91. The molecule has 2 aliphatic rings. The summed E-state index contributed by atoms with van der Waals surface area (Å²) in [6, 6.07) is 0. The predicted molar refractivity (Wildman–Crippen MR) is 67.3 cm³/mol. The van der Waals surface area contributed by atoms with Gasteiger partial charge in [-0.05, 0) is 25.7 Å². The van der Waals surface area contributed by atoms with Crippen LogP contribution in [0.5, 0.6) is 0 Å². The lowest BCUT2D eigenvalue weighted by atomic mass is 9.87. The summed E-state index contributed by atoms with van der Waals surface area (Å²) in [6.45, 7) is 0. The molecular weight excluding hydrogens is 272 g/mol. The summed E-state index contributed by atoms with van der Waals surface area (Å²) in [7, 11) is -1.79. The number of hydrogen-bond donors (Lipinski definition) is 1. The maximum absolute atomic E-state index is 11.4. The van der Waals surface area contributed by atoms with Gasteiger partial charge in [-0.25, -0.2) is 8.42 Å². The zero-order valence-corrected chi connectivity index (χ0v) is 11.8. The minimum atomic E-state index is -3.17. The maximum Gasteiger partial charge on any atom is 0.308 e. The van der Waals surface area contributed by atoms with Gasteiger partial charge >= 0.3 is 5.97 Å². The second kappa shape index (κ2) is 5.76. The van der Waals surface area contributed by atoms with Gasteiger partial charge in [0.1, 0.15) is 0 Å². The van der Waals surface area contributed by atoms with Crippen LogP contribution in [0.1, 0.15) is 25.7 Å². The van der Waals surface area contributed by atoms with E-state index in [1.807, 2.05) is 0 Å². The van der Waals surface area contributed by atoms with Gasteiger partial charge in [-0.2, -0.15) is 0 Å². The van der Waals surface area contributed by atoms with E-state index in [0.717, 1.165) is 0 Å². The molecule has 2 rings (SSSR count). The predicted octanol–water partition coefficient (Wildman–Crippen LogP) is -0.107. The smallest absolute Gasteiger partial charge is 0.308 e. The van der Waals surface area contributed by atoms with Gasteiger partial charge in [0.15, 0.2) is 9.84 Å². The molecule has 2 atom stereocenters. The lowest BCUT2D eigenvalue weighted by Crippen LogP contribution is -2.34. The van der Waals surface area contributed by atoms with E-state index >= 15 is 0 Å². The van der Waals surface area contributed by atoms with Gasteiger partial charge in [-0.15, -0.1) is 0 Å². The Morgan fingerprint density at radius 3 is 2.26 bits per heavy atom. The van der Waals surface area contributed by atoms with Crippen LogP contribution in [-0.4, -0.2) is 56.4 Å². The highest BCUT2D eigenvalue weighted by Crippen LogP contribution is 2.29. The van der Waals surface area contributed by atoms with Crippen molar-refractivity contribution < 1.29 is 27.8 Å². The Bertz CT molecular complexity index is 424. The van der Waals surface area contributed by atoms with Crippen molar-refractivity contribution in [3.63, 3.8) is 0 Å². The molecule has 0 aromatic heterocycles. The van der Waals surface area contributed by atoms with E-state index in [-0.39, 0.29) is 29.5 Å². The zero-order chi connectivity index (χ0) is 14.0. The zero-order valence-electron chi connectivity index (χ0n) is 10.9. The molecule has 7 heteroatoms. The van der Waals surface area contributed by atoms with Crippen LogP contribution in [0.2, 0.25) is 0 Å². The van der Waals surface area contributed by atoms with E-state index in [2.05, 4.69) is 0 Å². The number of carbonyl (C=O) groups excluding carboxylic acids is 1. The van der Waals surface area contributed by atoms with E-state index in [4.69, 9.17) is 9.47 Å². The van der Waals surface area contributed by atoms with Crippen molar-refractivity contribution in [2.45, 2.75) is 44.0 Å². The van der Waals surface area contributed by atoms with Crippen LogP contribution >= 0.6 is 0 Å². The Hall–Kier alpha value is -0.660. The molecule has 0 aromatic rings. The van der Waals surface area contributed by atoms with Crippen LogP contribution in [0.3, 0.4) is 0 Å². The molecule has 2 fully saturated rings. The van der Waals surface area contributed by atoms with Gasteiger partial charge < -0.3 is 14.6 Å². The fourth-order valence-corrected chi connectivity index (χ4v) is 4.45. The van der Waals surface area contributed by atoms with Crippen molar-refractivity contribution in [3.8, 4) is 0 Å². The summed E-state index contributed by atoms with van der Waals surface area (Å²) >= 11 is 0. The number of aliphatic hydroxyl groups is 1. The van der Waals surface area contributed by atoms with Crippen molar-refractivity contribution in [1.29, 1.82) is 0 Å². The molecule has 19 heavy (non-hydrogen) atoms. The van der Waals surface area contributed by atoms with E-state index in [1.54, 1.807) is 0 Å². The first-order valence-corrected chi connectivity index (χ1v) is 8.35. The van der Waals surface area contributed by atoms with Crippen LogP contribution in [0, 0.1) is 5.92 Å². The quantitative estimate of drug-likeness (QED) is 0.730. The van der Waals surface area contributed by atoms with Crippen molar-refractivity contribution in [2.24, 2.45) is 5.92 Å². The first-order chi connectivity index (χ1) is 8.91. The third kappa shape index (κ3) is 3.67. The molecule has 110 valence electrons. The molecule has 0 radical (unpaired) electrons. The number of hydrogen-bond acceptors (Lipinski definition) is 6. The van der Waals surface area contributed by atoms with Gasteiger partial charge in [-0.1, -0.05) is 0 Å². The molecule has 0 bridgehead atoms. The molecule has 1 saturated carbocycles. The van der Waals surface area contributed by atoms with Gasteiger partial charge in [0.05, 0.1) is 42.8 Å². The van der Waals surface area contributed by atoms with Crippen molar-refractivity contribution in [1.82, 2.24) is 0 Å². The SMILES string of the molecule is COC(=O)C1CCC(OC2CS(=O)(=O)CC2O)CC1. The largest absolute Gasteiger partial charge is 0.469 e. The average molecular weight is 292 g/mol. The molecule has 0 spiro atoms. The second-order valence-electron chi connectivity index (χ2n) is 5.32. The number of sulfone groups is 1. The number of ether oxygens (including phenoxy) is 2. The molecule has 2 unspecified atom stereocenters. The van der Waals surface area contributed by atoms with Crippen LogP contribution < -0.4 is 0 Å². The highest BCUT2D eigenvalue weighted by atomic mass is 32.2. The lowest BCUT2D eigenvalue weighted by Gasteiger charge is -2.29. The Morgan fingerprint density at radius 2 is 1.79 bits per heavy atom. The van der Waals surface area contributed by atoms with Crippen LogP contribution in [0.25, 0.3) is 0 Å². The summed E-state index contributed by atoms with van der Waals surface area (Å²) in [4.78, 5) is 11.4. The number of carbonyl (C=O) groups is 1. The molecule has 6 nitrogen and oxygen atoms in total. The fraction of sp³-hybridized carbons (Fsp3) is 0.917. The second-order valence-corrected chi connectivity index (χ2v) is 7.47. The summed E-state index contributed by atoms with van der Waals surface area (Å²) in [5, 5.41) is 9.66. The topological polar surface area (TPSA) is 89.9 Å². The fourth-order valence-electron chi connectivity index (χ4n) is 2.78. The van der Waals surface area contributed by atoms with E-state index < -0.39 is 22.0 Å². The summed E-state index contributed by atoms with van der Waals surface area (Å²) in [5.41, 5.74) is 0. The standard InChI is InChI=1S/C12H20O6S/c1-17-12(14)8-2-4-9(5-3-8)18-11-7-19(15,16)6-10(11)13/h8-11,13H,2-7H2,1H3. The molecule has 1 heterocycles. The van der Waals surface area contributed by atoms with E-state index in [9.17, 15) is 18.3 Å². The third-order valence-electron chi connectivity index (χ3n) is 3.85. The summed E-state index contributed by atoms with van der Waals surface area (Å²) in [5.74, 6) is -0.593. The Kier molecular flexibility index (Phi) is 4.47. The molecule has 1 N–H and O–H groups in total. The monoisotopic (exact) mass is 292 g/mol. The molecule has 1 saturated heterocycles. The number of aliphatic hydroxyl groups excluding tert-OH is 1. The maximum atomic E-state index is 11.4. The highest BCUT2D eigenvalue weighted by Gasteiger charge is 2.39. The average Bonchev–Trinajstić information content (AvgIpc) is 2.62. The van der Waals surface area contributed by atoms with E-state index in [0.29, 0.717) is 25.7 Å². The Balaban J connectivity index is 1.82. The minimum absolute atomic E-state index is 0.0751. The summed E-state index contributed by atoms with van der Waals surface area (Å²) in [6.07, 6.45) is 1.15. The van der Waals surface area contributed by atoms with Gasteiger partial charge in [0, 0.05) is 0 Å². The Labute approximate surface area is 113 Å². The normalized spacial score (nSPS) is 38.0. The molecular formula is C12H20O6S. The van der Waals surface area contributed by atoms with Crippen molar-refractivity contribution in [3.05, 3.63) is 0 Å². The van der Waals surface area contributed by atoms with Crippen molar-refractivity contribution >= 4 is 15.8 Å². The lowest BCUT2D eigenvalue weighted by molar-refractivity contribution is -0.148. The summed E-state index contributed by atoms with van der Waals surface area (Å²) < 4.78 is 33.1. The first-order valence-electron chi connectivity index (χ1n) is 6.53. The van der Waals surface area contributed by atoms with Crippen LogP contribution in [-0.2, 0) is 24.1 Å². The number of esters is 1. The molecule has 0 amide bonds. The Morgan fingerprint density at radius 1 is 1.16 bits per heavy atom. The molecule has 0 aromatic carbocycles. The molecule has 1 aliphatic heterocycles. The number of methoxy groups -OCH3 is 1. The van der Waals surface area contributed by atoms with Gasteiger partial charge in [0.2, 0.25) is 0 Å². The first kappa shape index (κ1) is 14.7. The molecule has 1 aliphatic carbocycles. The van der Waals surface area contributed by atoms with Crippen LogP contribution in [0.4, 0.5) is 0 Å². The van der Waals surface area contributed by atoms with Crippen LogP contribution in [0.15, 0.2) is 0 Å².